The quantitative estimate of drug-likeness (QED) is 0.878. The number of hydrogen-bond acceptors (Lipinski definition) is 2. The van der Waals surface area contributed by atoms with Gasteiger partial charge in [0.25, 0.3) is 5.92 Å². The predicted molar refractivity (Wildman–Crippen MR) is 77.2 cm³/mol. The lowest BCUT2D eigenvalue weighted by Gasteiger charge is -2.17. The number of rotatable bonds is 4. The van der Waals surface area contributed by atoms with E-state index in [4.69, 9.17) is 5.73 Å². The monoisotopic (exact) mass is 295 g/mol. The highest BCUT2D eigenvalue weighted by molar-refractivity contribution is 7.85. The van der Waals surface area contributed by atoms with E-state index in [0.29, 0.717) is 16.1 Å². The van der Waals surface area contributed by atoms with Crippen LogP contribution in [0.2, 0.25) is 0 Å². The molecule has 5 heteroatoms. The first-order valence-electron chi connectivity index (χ1n) is 6.08. The van der Waals surface area contributed by atoms with Crippen LogP contribution in [0, 0.1) is 6.92 Å². The third kappa shape index (κ3) is 3.22. The highest BCUT2D eigenvalue weighted by Crippen LogP contribution is 2.31. The normalized spacial score (nSPS) is 13.2. The predicted octanol–water partition coefficient (Wildman–Crippen LogP) is 3.48. The summed E-state index contributed by atoms with van der Waals surface area (Å²) < 4.78 is 40.3. The van der Waals surface area contributed by atoms with Crippen LogP contribution in [0.15, 0.2) is 53.4 Å². The largest absolute Gasteiger partial charge is 0.399 e. The Morgan fingerprint density at radius 3 is 2.40 bits per heavy atom. The van der Waals surface area contributed by atoms with Gasteiger partial charge in [0.2, 0.25) is 0 Å². The van der Waals surface area contributed by atoms with E-state index in [1.165, 1.54) is 12.1 Å². The van der Waals surface area contributed by atoms with Gasteiger partial charge in [0.15, 0.2) is 0 Å². The highest BCUT2D eigenvalue weighted by atomic mass is 32.2. The lowest BCUT2D eigenvalue weighted by Crippen LogP contribution is -2.22. The zero-order valence-electron chi connectivity index (χ0n) is 11.0. The van der Waals surface area contributed by atoms with E-state index in [2.05, 4.69) is 0 Å². The second-order valence-corrected chi connectivity index (χ2v) is 6.00. The van der Waals surface area contributed by atoms with Crippen LogP contribution >= 0.6 is 0 Å². The SMILES string of the molecule is Cc1cc(N)ccc1S(=O)CC(F)(F)c1ccccc1. The Balaban J connectivity index is 2.23. The van der Waals surface area contributed by atoms with E-state index in [1.807, 2.05) is 0 Å². The van der Waals surface area contributed by atoms with E-state index >= 15 is 0 Å². The van der Waals surface area contributed by atoms with Crippen LogP contribution < -0.4 is 5.73 Å². The van der Waals surface area contributed by atoms with Crippen molar-refractivity contribution < 1.29 is 13.0 Å². The number of nitrogens with two attached hydrogens (primary N) is 1. The maximum Gasteiger partial charge on any atom is 0.284 e. The van der Waals surface area contributed by atoms with Gasteiger partial charge in [-0.25, -0.2) is 8.78 Å². The topological polar surface area (TPSA) is 43.1 Å². The molecule has 1 unspecified atom stereocenters. The fraction of sp³-hybridized carbons (Fsp3) is 0.200. The third-order valence-electron chi connectivity index (χ3n) is 2.95. The summed E-state index contributed by atoms with van der Waals surface area (Å²) in [6.45, 7) is 1.71. The molecule has 2 rings (SSSR count). The fourth-order valence-corrected chi connectivity index (χ4v) is 3.23. The minimum Gasteiger partial charge on any atom is -0.399 e. The van der Waals surface area contributed by atoms with Gasteiger partial charge in [0.05, 0.1) is 16.6 Å². The Hall–Kier alpha value is -1.75. The van der Waals surface area contributed by atoms with Crippen LogP contribution in [0.4, 0.5) is 14.5 Å². The second-order valence-electron chi connectivity index (χ2n) is 4.59. The van der Waals surface area contributed by atoms with Gasteiger partial charge >= 0.3 is 0 Å². The van der Waals surface area contributed by atoms with Crippen molar-refractivity contribution >= 4 is 16.5 Å². The van der Waals surface area contributed by atoms with Crippen LogP contribution in [0.3, 0.4) is 0 Å². The van der Waals surface area contributed by atoms with E-state index in [9.17, 15) is 13.0 Å². The maximum absolute atomic E-state index is 14.1. The van der Waals surface area contributed by atoms with E-state index in [1.54, 1.807) is 43.3 Å². The van der Waals surface area contributed by atoms with Crippen molar-refractivity contribution in [2.75, 3.05) is 11.5 Å². The first-order valence-corrected chi connectivity index (χ1v) is 7.40. The van der Waals surface area contributed by atoms with Crippen LogP contribution in [0.25, 0.3) is 0 Å². The molecule has 2 nitrogen and oxygen atoms in total. The molecule has 106 valence electrons. The van der Waals surface area contributed by atoms with Gasteiger partial charge in [-0.15, -0.1) is 0 Å². The first-order chi connectivity index (χ1) is 9.40. The molecule has 1 atom stereocenters. The maximum atomic E-state index is 14.1. The van der Waals surface area contributed by atoms with Crippen molar-refractivity contribution in [3.8, 4) is 0 Å². The molecule has 20 heavy (non-hydrogen) atoms. The summed E-state index contributed by atoms with van der Waals surface area (Å²) in [6.07, 6.45) is 0. The third-order valence-corrected chi connectivity index (χ3v) is 4.53. The molecule has 0 aliphatic rings. The van der Waals surface area contributed by atoms with Crippen molar-refractivity contribution in [1.82, 2.24) is 0 Å². The molecule has 0 saturated carbocycles. The molecule has 0 aliphatic heterocycles. The number of halogens is 2. The van der Waals surface area contributed by atoms with Crippen LogP contribution in [-0.4, -0.2) is 9.96 Å². The molecule has 0 amide bonds. The Morgan fingerprint density at radius 2 is 1.80 bits per heavy atom. The van der Waals surface area contributed by atoms with Gasteiger partial charge < -0.3 is 5.73 Å². The number of aryl methyl sites for hydroxylation is 1. The average Bonchev–Trinajstić information content (AvgIpc) is 2.39. The number of alkyl halides is 2. The van der Waals surface area contributed by atoms with Crippen LogP contribution in [-0.2, 0) is 16.7 Å². The van der Waals surface area contributed by atoms with Crippen LogP contribution in [0.1, 0.15) is 11.1 Å². The molecular weight excluding hydrogens is 280 g/mol. The molecule has 0 fully saturated rings. The lowest BCUT2D eigenvalue weighted by atomic mass is 10.1. The zero-order chi connectivity index (χ0) is 14.8. The Morgan fingerprint density at radius 1 is 1.15 bits per heavy atom. The second kappa shape index (κ2) is 5.71. The van der Waals surface area contributed by atoms with Gasteiger partial charge in [0, 0.05) is 16.1 Å². The highest BCUT2D eigenvalue weighted by Gasteiger charge is 2.34. The molecule has 2 N–H and O–H groups in total. The molecule has 0 aromatic heterocycles. The van der Waals surface area contributed by atoms with Crippen molar-refractivity contribution in [2.24, 2.45) is 0 Å². The molecule has 0 bridgehead atoms. The number of benzene rings is 2. The van der Waals surface area contributed by atoms with E-state index < -0.39 is 22.5 Å². The summed E-state index contributed by atoms with van der Waals surface area (Å²) in [5, 5.41) is 0. The van der Waals surface area contributed by atoms with Crippen molar-refractivity contribution in [1.29, 1.82) is 0 Å². The number of nitrogen functional groups attached to an aromatic ring is 1. The van der Waals surface area contributed by atoms with Crippen molar-refractivity contribution in [2.45, 2.75) is 17.7 Å². The standard InChI is InChI=1S/C15H15F2NOS/c1-11-9-13(18)7-8-14(11)20(19)10-15(16,17)12-5-3-2-4-6-12/h2-9H,10,18H2,1H3. The molecule has 0 aliphatic carbocycles. The Labute approximate surface area is 119 Å². The summed E-state index contributed by atoms with van der Waals surface area (Å²) in [7, 11) is -1.78. The molecule has 0 radical (unpaired) electrons. The minimum absolute atomic E-state index is 0.124. The summed E-state index contributed by atoms with van der Waals surface area (Å²) >= 11 is 0. The summed E-state index contributed by atoms with van der Waals surface area (Å²) in [5.41, 5.74) is 6.66. The van der Waals surface area contributed by atoms with Gasteiger partial charge in [-0.1, -0.05) is 30.3 Å². The van der Waals surface area contributed by atoms with Crippen LogP contribution in [0.5, 0.6) is 0 Å². The van der Waals surface area contributed by atoms with Gasteiger partial charge in [-0.3, -0.25) is 4.21 Å². The van der Waals surface area contributed by atoms with E-state index in [0.717, 1.165) is 0 Å². The van der Waals surface area contributed by atoms with E-state index in [-0.39, 0.29) is 5.56 Å². The van der Waals surface area contributed by atoms with Crippen molar-refractivity contribution in [3.05, 3.63) is 59.7 Å². The molecule has 2 aromatic rings. The molecular formula is C15H15F2NOS. The number of hydrogen-bond donors (Lipinski definition) is 1. The zero-order valence-corrected chi connectivity index (χ0v) is 11.8. The van der Waals surface area contributed by atoms with Gasteiger partial charge in [-0.05, 0) is 30.7 Å². The smallest absolute Gasteiger partial charge is 0.284 e. The van der Waals surface area contributed by atoms with Gasteiger partial charge in [-0.2, -0.15) is 0 Å². The van der Waals surface area contributed by atoms with Crippen molar-refractivity contribution in [3.63, 3.8) is 0 Å². The summed E-state index contributed by atoms with van der Waals surface area (Å²) in [5.74, 6) is -3.86. The molecule has 2 aromatic carbocycles. The molecule has 0 heterocycles. The Kier molecular flexibility index (Phi) is 4.18. The Bertz CT molecular complexity index is 629. The summed E-state index contributed by atoms with van der Waals surface area (Å²) in [6, 6.07) is 12.2. The first kappa shape index (κ1) is 14.7. The molecule has 0 saturated heterocycles. The average molecular weight is 295 g/mol. The lowest BCUT2D eigenvalue weighted by molar-refractivity contribution is 0.0222. The summed E-state index contributed by atoms with van der Waals surface area (Å²) in [4.78, 5) is 0.398. The minimum atomic E-state index is -3.13. The number of anilines is 1. The molecule has 0 spiro atoms. The fourth-order valence-electron chi connectivity index (χ4n) is 1.94. The van der Waals surface area contributed by atoms with Gasteiger partial charge in [0.1, 0.15) is 0 Å².